The average molecular weight is 385 g/mol. The molecule has 0 aliphatic heterocycles. The molecule has 5 nitrogen and oxygen atoms in total. The molecule has 0 spiro atoms. The lowest BCUT2D eigenvalue weighted by molar-refractivity contribution is 0.345. The van der Waals surface area contributed by atoms with Crippen LogP contribution in [0.2, 0.25) is 5.02 Å². The number of fused-ring (bicyclic) bond motifs is 1. The zero-order valence-corrected chi connectivity index (χ0v) is 16.5. The van der Waals surface area contributed by atoms with Crippen LogP contribution in [0.25, 0.3) is 11.2 Å². The molecule has 1 aromatic carbocycles. The Hall–Kier alpha value is -2.14. The van der Waals surface area contributed by atoms with Crippen molar-refractivity contribution in [2.45, 2.75) is 44.9 Å². The van der Waals surface area contributed by atoms with Gasteiger partial charge in [0.25, 0.3) is 0 Å². The quantitative estimate of drug-likeness (QED) is 0.582. The maximum absolute atomic E-state index is 6.45. The van der Waals surface area contributed by atoms with Crippen molar-refractivity contribution < 1.29 is 4.74 Å². The van der Waals surface area contributed by atoms with Gasteiger partial charge in [0.05, 0.1) is 24.6 Å². The van der Waals surface area contributed by atoms with Gasteiger partial charge in [0, 0.05) is 10.9 Å². The number of aromatic amines is 1. The first-order valence-corrected chi connectivity index (χ1v) is 10.1. The zero-order valence-electron chi connectivity index (χ0n) is 15.8. The second-order valence-electron chi connectivity index (χ2n) is 7.44. The van der Waals surface area contributed by atoms with Crippen LogP contribution in [-0.2, 0) is 6.42 Å². The van der Waals surface area contributed by atoms with Crippen LogP contribution in [0.4, 0.5) is 0 Å². The van der Waals surface area contributed by atoms with Gasteiger partial charge in [0.15, 0.2) is 5.65 Å². The summed E-state index contributed by atoms with van der Waals surface area (Å²) in [5.41, 5.74) is 3.94. The molecule has 2 unspecified atom stereocenters. The first kappa shape index (κ1) is 18.2. The van der Waals surface area contributed by atoms with Crippen molar-refractivity contribution in [3.8, 4) is 5.75 Å². The predicted octanol–water partition coefficient (Wildman–Crippen LogP) is 5.17. The molecule has 1 N–H and O–H groups in total. The Balaban J connectivity index is 1.53. The smallest absolute Gasteiger partial charge is 0.199 e. The topological polar surface area (TPSA) is 63.7 Å². The number of hydrogen-bond acceptors (Lipinski definition) is 4. The summed E-state index contributed by atoms with van der Waals surface area (Å²) >= 11 is 6.45. The minimum absolute atomic E-state index is 0.451. The number of aromatic nitrogens is 4. The molecule has 0 bridgehead atoms. The Kier molecular flexibility index (Phi) is 5.30. The van der Waals surface area contributed by atoms with Gasteiger partial charge in [0.1, 0.15) is 5.75 Å². The van der Waals surface area contributed by atoms with Gasteiger partial charge in [-0.25, -0.2) is 4.98 Å². The van der Waals surface area contributed by atoms with E-state index in [9.17, 15) is 0 Å². The molecule has 4 rings (SSSR count). The minimum atomic E-state index is 0.451. The maximum atomic E-state index is 6.45. The second-order valence-corrected chi connectivity index (χ2v) is 7.84. The minimum Gasteiger partial charge on any atom is -0.497 e. The molecule has 142 valence electrons. The molecule has 1 saturated carbocycles. The Labute approximate surface area is 164 Å². The van der Waals surface area contributed by atoms with Gasteiger partial charge in [-0.15, -0.1) is 5.10 Å². The lowest BCUT2D eigenvalue weighted by Gasteiger charge is -2.26. The number of hydrogen-bond donors (Lipinski definition) is 1. The Bertz CT molecular complexity index is 921. The maximum Gasteiger partial charge on any atom is 0.199 e. The van der Waals surface area contributed by atoms with E-state index in [-0.39, 0.29) is 0 Å². The van der Waals surface area contributed by atoms with E-state index in [1.54, 1.807) is 13.4 Å². The molecule has 1 aliphatic rings. The second kappa shape index (κ2) is 7.85. The number of H-pyrrole nitrogens is 1. The number of nitrogens with one attached hydrogen (secondary N) is 1. The monoisotopic (exact) mass is 384 g/mol. The molecule has 0 radical (unpaired) electrons. The van der Waals surface area contributed by atoms with E-state index >= 15 is 0 Å². The first-order valence-electron chi connectivity index (χ1n) is 9.68. The van der Waals surface area contributed by atoms with Crippen molar-refractivity contribution in [3.05, 3.63) is 46.9 Å². The van der Waals surface area contributed by atoms with Crippen LogP contribution >= 0.6 is 11.6 Å². The summed E-state index contributed by atoms with van der Waals surface area (Å²) < 4.78 is 5.25. The molecule has 1 fully saturated rings. The van der Waals surface area contributed by atoms with E-state index in [0.29, 0.717) is 17.5 Å². The number of aryl methyl sites for hydroxylation is 1. The highest BCUT2D eigenvalue weighted by molar-refractivity contribution is 6.31. The molecule has 0 saturated heterocycles. The highest BCUT2D eigenvalue weighted by Crippen LogP contribution is 2.48. The van der Waals surface area contributed by atoms with E-state index in [1.165, 1.54) is 18.4 Å². The Morgan fingerprint density at radius 2 is 2.11 bits per heavy atom. The standard InChI is InChI=1S/C21H25ClN4O/c1-3-13(4-5-14-8-9-16(27-2)10-17(14)22)20(15-6-7-15)18-11-19-21(26-25-18)24-12-23-19/h8-13,15,20H,3-7H2,1-2H3,(H,23,24,26). The Morgan fingerprint density at radius 3 is 2.81 bits per heavy atom. The molecular weight excluding hydrogens is 360 g/mol. The molecular formula is C21H25ClN4O. The lowest BCUT2D eigenvalue weighted by Crippen LogP contribution is -2.17. The summed E-state index contributed by atoms with van der Waals surface area (Å²) in [6.45, 7) is 2.28. The van der Waals surface area contributed by atoms with Crippen LogP contribution < -0.4 is 4.74 Å². The van der Waals surface area contributed by atoms with Gasteiger partial charge in [-0.2, -0.15) is 5.10 Å². The molecule has 2 atom stereocenters. The normalized spacial score (nSPS) is 16.4. The van der Waals surface area contributed by atoms with Crippen LogP contribution in [0.5, 0.6) is 5.75 Å². The number of nitrogens with zero attached hydrogens (tertiary/aromatic N) is 3. The van der Waals surface area contributed by atoms with Crippen LogP contribution in [0, 0.1) is 11.8 Å². The van der Waals surface area contributed by atoms with Crippen molar-refractivity contribution in [2.75, 3.05) is 7.11 Å². The van der Waals surface area contributed by atoms with E-state index < -0.39 is 0 Å². The summed E-state index contributed by atoms with van der Waals surface area (Å²) in [6.07, 6.45) is 7.42. The number of benzene rings is 1. The van der Waals surface area contributed by atoms with Crippen molar-refractivity contribution in [2.24, 2.45) is 11.8 Å². The molecule has 3 aromatic rings. The largest absolute Gasteiger partial charge is 0.497 e. The van der Waals surface area contributed by atoms with Gasteiger partial charge in [-0.1, -0.05) is 31.0 Å². The summed E-state index contributed by atoms with van der Waals surface area (Å²) in [7, 11) is 1.66. The first-order chi connectivity index (χ1) is 13.2. The molecule has 2 aromatic heterocycles. The molecule has 0 amide bonds. The summed E-state index contributed by atoms with van der Waals surface area (Å²) in [6, 6.07) is 8.10. The van der Waals surface area contributed by atoms with Crippen molar-refractivity contribution in [1.29, 1.82) is 0 Å². The van der Waals surface area contributed by atoms with Gasteiger partial charge in [-0.3, -0.25) is 0 Å². The van der Waals surface area contributed by atoms with Gasteiger partial charge >= 0.3 is 0 Å². The SMILES string of the molecule is CCC(CCc1ccc(OC)cc1Cl)C(c1cc2[nH]cnc2nn1)C1CC1. The van der Waals surface area contributed by atoms with Crippen LogP contribution in [0.1, 0.15) is 49.8 Å². The van der Waals surface area contributed by atoms with Crippen LogP contribution in [0.3, 0.4) is 0 Å². The third-order valence-corrected chi connectivity index (χ3v) is 6.10. The molecule has 27 heavy (non-hydrogen) atoms. The summed E-state index contributed by atoms with van der Waals surface area (Å²) in [5.74, 6) is 2.53. The van der Waals surface area contributed by atoms with Crippen molar-refractivity contribution in [3.63, 3.8) is 0 Å². The number of ether oxygens (including phenoxy) is 1. The fourth-order valence-electron chi connectivity index (χ4n) is 4.09. The fourth-order valence-corrected chi connectivity index (χ4v) is 4.35. The highest BCUT2D eigenvalue weighted by Gasteiger charge is 2.38. The number of imidazole rings is 1. The fraction of sp³-hybridized carbons (Fsp3) is 0.476. The molecule has 2 heterocycles. The van der Waals surface area contributed by atoms with Crippen molar-refractivity contribution in [1.82, 2.24) is 20.2 Å². The van der Waals surface area contributed by atoms with E-state index in [1.807, 2.05) is 12.1 Å². The third-order valence-electron chi connectivity index (χ3n) is 5.75. The average Bonchev–Trinajstić information content (AvgIpc) is 3.41. The number of methoxy groups -OCH3 is 1. The Morgan fingerprint density at radius 1 is 1.26 bits per heavy atom. The van der Waals surface area contributed by atoms with Crippen LogP contribution in [-0.4, -0.2) is 27.3 Å². The van der Waals surface area contributed by atoms with E-state index in [4.69, 9.17) is 16.3 Å². The van der Waals surface area contributed by atoms with Crippen molar-refractivity contribution >= 4 is 22.8 Å². The predicted molar refractivity (Wildman–Crippen MR) is 107 cm³/mol. The number of rotatable bonds is 8. The van der Waals surface area contributed by atoms with Crippen LogP contribution in [0.15, 0.2) is 30.6 Å². The van der Waals surface area contributed by atoms with E-state index in [2.05, 4.69) is 39.2 Å². The van der Waals surface area contributed by atoms with E-state index in [0.717, 1.165) is 47.2 Å². The highest BCUT2D eigenvalue weighted by atomic mass is 35.5. The van der Waals surface area contributed by atoms with Gasteiger partial charge in [0.2, 0.25) is 0 Å². The van der Waals surface area contributed by atoms with Gasteiger partial charge in [-0.05, 0) is 61.3 Å². The number of halogens is 1. The summed E-state index contributed by atoms with van der Waals surface area (Å²) in [5, 5.41) is 9.63. The van der Waals surface area contributed by atoms with Gasteiger partial charge < -0.3 is 9.72 Å². The summed E-state index contributed by atoms with van der Waals surface area (Å²) in [4.78, 5) is 7.35. The molecule has 1 aliphatic carbocycles. The zero-order chi connectivity index (χ0) is 18.8. The molecule has 6 heteroatoms. The lowest BCUT2D eigenvalue weighted by atomic mass is 9.80. The third kappa shape index (κ3) is 3.93.